The molecule has 0 spiro atoms. The number of aliphatic hydroxyl groups excluding tert-OH is 1. The van der Waals surface area contributed by atoms with E-state index in [0.29, 0.717) is 5.56 Å². The molecule has 0 heterocycles. The minimum absolute atomic E-state index is 0.285. The van der Waals surface area contributed by atoms with Gasteiger partial charge in [-0.15, -0.1) is 0 Å². The Hall–Kier alpha value is -0.910. The first-order valence-electron chi connectivity index (χ1n) is 6.87. The molecular formula is C15H22BrNO3. The van der Waals surface area contributed by atoms with E-state index in [1.165, 1.54) is 7.11 Å². The molecule has 0 unspecified atom stereocenters. The fourth-order valence-electron chi connectivity index (χ4n) is 1.87. The van der Waals surface area contributed by atoms with Crippen LogP contribution in [0.15, 0.2) is 22.7 Å². The van der Waals surface area contributed by atoms with Crippen molar-refractivity contribution in [2.45, 2.75) is 32.2 Å². The van der Waals surface area contributed by atoms with Gasteiger partial charge in [-0.05, 0) is 37.1 Å². The highest BCUT2D eigenvalue weighted by Gasteiger charge is 2.07. The highest BCUT2D eigenvalue weighted by atomic mass is 79.9. The third-order valence-corrected chi connectivity index (χ3v) is 3.79. The van der Waals surface area contributed by atoms with E-state index in [1.54, 1.807) is 12.1 Å². The Morgan fingerprint density at radius 2 is 2.05 bits per heavy atom. The van der Waals surface area contributed by atoms with Crippen molar-refractivity contribution in [3.63, 3.8) is 0 Å². The van der Waals surface area contributed by atoms with E-state index >= 15 is 0 Å². The summed E-state index contributed by atoms with van der Waals surface area (Å²) in [6, 6.07) is 5.48. The Labute approximate surface area is 128 Å². The van der Waals surface area contributed by atoms with Gasteiger partial charge in [-0.2, -0.15) is 0 Å². The summed E-state index contributed by atoms with van der Waals surface area (Å²) < 4.78 is 5.59. The highest BCUT2D eigenvalue weighted by molar-refractivity contribution is 9.10. The summed E-state index contributed by atoms with van der Waals surface area (Å²) in [6.45, 7) is 2.01. The molecule has 4 nitrogen and oxygen atoms in total. The Bertz CT molecular complexity index is 424. The number of carbonyl (C=O) groups excluding carboxylic acids is 1. The van der Waals surface area contributed by atoms with Crippen molar-refractivity contribution in [2.24, 2.45) is 0 Å². The molecule has 2 N–H and O–H groups in total. The number of esters is 1. The predicted octanol–water partition coefficient (Wildman–Crippen LogP) is 2.88. The van der Waals surface area contributed by atoms with Gasteiger partial charge in [0.2, 0.25) is 0 Å². The van der Waals surface area contributed by atoms with Crippen molar-refractivity contribution in [3.8, 4) is 0 Å². The van der Waals surface area contributed by atoms with Crippen LogP contribution in [0.4, 0.5) is 0 Å². The molecule has 0 fully saturated rings. The van der Waals surface area contributed by atoms with Crippen LogP contribution in [0.2, 0.25) is 0 Å². The zero-order chi connectivity index (χ0) is 14.8. The fraction of sp³-hybridized carbons (Fsp3) is 0.533. The van der Waals surface area contributed by atoms with Gasteiger partial charge >= 0.3 is 5.97 Å². The van der Waals surface area contributed by atoms with Crippen molar-refractivity contribution in [3.05, 3.63) is 33.8 Å². The third-order valence-electron chi connectivity index (χ3n) is 3.05. The van der Waals surface area contributed by atoms with Gasteiger partial charge in [0.15, 0.2) is 0 Å². The maximum Gasteiger partial charge on any atom is 0.337 e. The van der Waals surface area contributed by atoms with Gasteiger partial charge in [0.05, 0.1) is 12.7 Å². The summed E-state index contributed by atoms with van der Waals surface area (Å²) in [5.41, 5.74) is 1.67. The van der Waals surface area contributed by atoms with E-state index in [9.17, 15) is 4.79 Å². The third kappa shape index (κ3) is 6.03. The molecule has 0 saturated heterocycles. The average molecular weight is 344 g/mol. The monoisotopic (exact) mass is 343 g/mol. The Balaban J connectivity index is 2.32. The summed E-state index contributed by atoms with van der Waals surface area (Å²) in [4.78, 5) is 11.4. The molecule has 0 saturated carbocycles. The molecule has 1 aromatic rings. The lowest BCUT2D eigenvalue weighted by atomic mass is 10.1. The van der Waals surface area contributed by atoms with E-state index < -0.39 is 0 Å². The SMILES string of the molecule is COC(=O)c1ccc(CNCCCCCCO)c(Br)c1. The summed E-state index contributed by atoms with van der Waals surface area (Å²) in [5, 5.41) is 12.0. The zero-order valence-electron chi connectivity index (χ0n) is 11.8. The number of hydrogen-bond donors (Lipinski definition) is 2. The quantitative estimate of drug-likeness (QED) is 0.534. The highest BCUT2D eigenvalue weighted by Crippen LogP contribution is 2.19. The first-order valence-corrected chi connectivity index (χ1v) is 7.66. The van der Waals surface area contributed by atoms with Crippen LogP contribution < -0.4 is 5.32 Å². The van der Waals surface area contributed by atoms with E-state index in [2.05, 4.69) is 26.0 Å². The predicted molar refractivity (Wildman–Crippen MR) is 82.7 cm³/mol. The summed E-state index contributed by atoms with van der Waals surface area (Å²) in [7, 11) is 1.38. The number of methoxy groups -OCH3 is 1. The Kier molecular flexibility index (Phi) is 8.49. The number of benzene rings is 1. The second-order valence-corrected chi connectivity index (χ2v) is 5.47. The van der Waals surface area contributed by atoms with Gasteiger partial charge in [0.1, 0.15) is 0 Å². The van der Waals surface area contributed by atoms with Gasteiger partial charge in [-0.1, -0.05) is 34.8 Å². The van der Waals surface area contributed by atoms with Crippen molar-refractivity contribution < 1.29 is 14.6 Å². The second kappa shape index (κ2) is 9.91. The van der Waals surface area contributed by atoms with Gasteiger partial charge < -0.3 is 15.2 Å². The molecule has 0 aliphatic carbocycles. The van der Waals surface area contributed by atoms with E-state index in [1.807, 2.05) is 6.07 Å². The molecule has 1 rings (SSSR count). The lowest BCUT2D eigenvalue weighted by Crippen LogP contribution is -2.15. The largest absolute Gasteiger partial charge is 0.465 e. The Morgan fingerprint density at radius 3 is 2.70 bits per heavy atom. The van der Waals surface area contributed by atoms with Crippen LogP contribution in [-0.4, -0.2) is 31.3 Å². The summed E-state index contributed by atoms with van der Waals surface area (Å²) >= 11 is 3.47. The molecule has 0 atom stereocenters. The van der Waals surface area contributed by atoms with Gasteiger partial charge in [-0.3, -0.25) is 0 Å². The smallest absolute Gasteiger partial charge is 0.337 e. The number of unbranched alkanes of at least 4 members (excludes halogenated alkanes) is 3. The maximum atomic E-state index is 11.4. The maximum absolute atomic E-state index is 11.4. The molecule has 112 valence electrons. The van der Waals surface area contributed by atoms with Crippen LogP contribution in [0.1, 0.15) is 41.6 Å². The minimum atomic E-state index is -0.325. The molecule has 20 heavy (non-hydrogen) atoms. The molecule has 0 radical (unpaired) electrons. The van der Waals surface area contributed by atoms with Crippen LogP contribution >= 0.6 is 15.9 Å². The summed E-state index contributed by atoms with van der Waals surface area (Å²) in [5.74, 6) is -0.325. The second-order valence-electron chi connectivity index (χ2n) is 4.61. The van der Waals surface area contributed by atoms with Crippen LogP contribution in [-0.2, 0) is 11.3 Å². The first kappa shape index (κ1) is 17.1. The number of rotatable bonds is 9. The summed E-state index contributed by atoms with van der Waals surface area (Å²) in [6.07, 6.45) is 4.21. The van der Waals surface area contributed by atoms with E-state index in [0.717, 1.165) is 48.8 Å². The van der Waals surface area contributed by atoms with Crippen LogP contribution in [0.25, 0.3) is 0 Å². The van der Waals surface area contributed by atoms with Crippen molar-refractivity contribution >= 4 is 21.9 Å². The normalized spacial score (nSPS) is 10.6. The molecule has 0 aliphatic rings. The molecular weight excluding hydrogens is 322 g/mol. The number of halogens is 1. The van der Waals surface area contributed by atoms with Gasteiger partial charge in [0.25, 0.3) is 0 Å². The first-order chi connectivity index (χ1) is 9.69. The van der Waals surface area contributed by atoms with E-state index in [4.69, 9.17) is 5.11 Å². The molecule has 0 bridgehead atoms. The molecule has 5 heteroatoms. The standard InChI is InChI=1S/C15H22BrNO3/c1-20-15(19)12-6-7-13(14(16)10-12)11-17-8-4-2-3-5-9-18/h6-7,10,17-18H,2-5,8-9,11H2,1H3. The zero-order valence-corrected chi connectivity index (χ0v) is 13.4. The minimum Gasteiger partial charge on any atom is -0.465 e. The van der Waals surface area contributed by atoms with Crippen LogP contribution in [0.5, 0.6) is 0 Å². The van der Waals surface area contributed by atoms with Crippen LogP contribution in [0, 0.1) is 0 Å². The van der Waals surface area contributed by atoms with Crippen LogP contribution in [0.3, 0.4) is 0 Å². The van der Waals surface area contributed by atoms with Crippen molar-refractivity contribution in [2.75, 3.05) is 20.3 Å². The lowest BCUT2D eigenvalue weighted by Gasteiger charge is -2.08. The van der Waals surface area contributed by atoms with E-state index in [-0.39, 0.29) is 12.6 Å². The van der Waals surface area contributed by atoms with Gasteiger partial charge in [-0.25, -0.2) is 4.79 Å². The fourth-order valence-corrected chi connectivity index (χ4v) is 2.39. The molecule has 0 amide bonds. The molecule has 0 aromatic heterocycles. The number of aliphatic hydroxyl groups is 1. The number of ether oxygens (including phenoxy) is 1. The molecule has 0 aliphatic heterocycles. The number of carbonyl (C=O) groups is 1. The van der Waals surface area contributed by atoms with Crippen molar-refractivity contribution in [1.29, 1.82) is 0 Å². The van der Waals surface area contributed by atoms with Gasteiger partial charge in [0, 0.05) is 17.6 Å². The average Bonchev–Trinajstić information content (AvgIpc) is 2.46. The van der Waals surface area contributed by atoms with Crippen molar-refractivity contribution in [1.82, 2.24) is 5.32 Å². The number of hydrogen-bond acceptors (Lipinski definition) is 4. The Morgan fingerprint density at radius 1 is 1.30 bits per heavy atom. The number of nitrogens with one attached hydrogen (secondary N) is 1. The molecule has 1 aromatic carbocycles. The lowest BCUT2D eigenvalue weighted by molar-refractivity contribution is 0.0600. The topological polar surface area (TPSA) is 58.6 Å².